The van der Waals surface area contributed by atoms with Gasteiger partial charge in [-0.15, -0.1) is 0 Å². The van der Waals surface area contributed by atoms with Crippen molar-refractivity contribution in [3.8, 4) is 0 Å². The van der Waals surface area contributed by atoms with Crippen molar-refractivity contribution in [2.45, 2.75) is 52.5 Å². The summed E-state index contributed by atoms with van der Waals surface area (Å²) in [6.45, 7) is 6.52. The third kappa shape index (κ3) is 3.12. The zero-order chi connectivity index (χ0) is 14.0. The first-order chi connectivity index (χ1) is 9.04. The summed E-state index contributed by atoms with van der Waals surface area (Å²) in [6.07, 6.45) is 3.86. The second-order valence-electron chi connectivity index (χ2n) is 5.19. The molecule has 1 fully saturated rings. The molecule has 5 heteroatoms. The summed E-state index contributed by atoms with van der Waals surface area (Å²) in [7, 11) is 0. The number of nitrogens with zero attached hydrogens (tertiary/aromatic N) is 2. The van der Waals surface area contributed by atoms with Crippen LogP contribution in [0.2, 0.25) is 0 Å². The smallest absolute Gasteiger partial charge is 0.308 e. The molecule has 0 saturated heterocycles. The topological polar surface area (TPSA) is 44.1 Å². The van der Waals surface area contributed by atoms with Gasteiger partial charge < -0.3 is 4.74 Å². The average molecular weight is 376 g/mol. The Morgan fingerprint density at radius 2 is 2.00 bits per heavy atom. The summed E-state index contributed by atoms with van der Waals surface area (Å²) in [5.41, 5.74) is 2.35. The van der Waals surface area contributed by atoms with Gasteiger partial charge in [0.25, 0.3) is 0 Å². The summed E-state index contributed by atoms with van der Waals surface area (Å²) in [5.74, 6) is 0.0659. The SMILES string of the molecule is CCOC(=O)[C@H]1CC[C@H](n2nc(C)c(I)c2C)CC1. The van der Waals surface area contributed by atoms with Crippen LogP contribution in [0.15, 0.2) is 0 Å². The van der Waals surface area contributed by atoms with Crippen molar-refractivity contribution in [1.82, 2.24) is 9.78 Å². The molecule has 0 aliphatic heterocycles. The van der Waals surface area contributed by atoms with Gasteiger partial charge in [-0.05, 0) is 69.0 Å². The number of halogens is 1. The number of carbonyl (C=O) groups excluding carboxylic acids is 1. The van der Waals surface area contributed by atoms with E-state index in [1.54, 1.807) is 0 Å². The predicted molar refractivity (Wildman–Crippen MR) is 82.0 cm³/mol. The van der Waals surface area contributed by atoms with Crippen LogP contribution in [0.25, 0.3) is 0 Å². The highest BCUT2D eigenvalue weighted by Crippen LogP contribution is 2.34. The van der Waals surface area contributed by atoms with Crippen molar-refractivity contribution >= 4 is 28.6 Å². The first kappa shape index (κ1) is 14.8. The van der Waals surface area contributed by atoms with Crippen LogP contribution < -0.4 is 0 Å². The number of carbonyl (C=O) groups is 1. The highest BCUT2D eigenvalue weighted by atomic mass is 127. The molecule has 1 saturated carbocycles. The van der Waals surface area contributed by atoms with E-state index in [-0.39, 0.29) is 11.9 Å². The van der Waals surface area contributed by atoms with Crippen LogP contribution in [-0.4, -0.2) is 22.4 Å². The van der Waals surface area contributed by atoms with Crippen molar-refractivity contribution in [3.63, 3.8) is 0 Å². The van der Waals surface area contributed by atoms with Crippen LogP contribution in [-0.2, 0) is 9.53 Å². The Bertz CT molecular complexity index is 462. The van der Waals surface area contributed by atoms with Gasteiger partial charge in [-0.2, -0.15) is 5.10 Å². The fourth-order valence-corrected chi connectivity index (χ4v) is 3.17. The molecule has 0 radical (unpaired) electrons. The molecular weight excluding hydrogens is 355 g/mol. The minimum Gasteiger partial charge on any atom is -0.466 e. The maximum absolute atomic E-state index is 11.7. The minimum absolute atomic E-state index is 0.0242. The lowest BCUT2D eigenvalue weighted by Crippen LogP contribution is -2.26. The van der Waals surface area contributed by atoms with Crippen LogP contribution in [0.1, 0.15) is 50.0 Å². The molecule has 19 heavy (non-hydrogen) atoms. The molecule has 4 nitrogen and oxygen atoms in total. The summed E-state index contributed by atoms with van der Waals surface area (Å²) < 4.78 is 8.51. The van der Waals surface area contributed by atoms with Gasteiger partial charge in [0.15, 0.2) is 0 Å². The molecule has 2 rings (SSSR count). The van der Waals surface area contributed by atoms with E-state index in [9.17, 15) is 4.79 Å². The fourth-order valence-electron chi connectivity index (χ4n) is 2.81. The highest BCUT2D eigenvalue weighted by molar-refractivity contribution is 14.1. The van der Waals surface area contributed by atoms with E-state index in [1.807, 2.05) is 6.92 Å². The van der Waals surface area contributed by atoms with Crippen LogP contribution in [0.5, 0.6) is 0 Å². The van der Waals surface area contributed by atoms with E-state index in [0.717, 1.165) is 31.4 Å². The van der Waals surface area contributed by atoms with Gasteiger partial charge in [-0.3, -0.25) is 9.48 Å². The molecule has 0 aromatic carbocycles. The Labute approximate surface area is 128 Å². The molecule has 0 bridgehead atoms. The van der Waals surface area contributed by atoms with Crippen molar-refractivity contribution in [2.75, 3.05) is 6.61 Å². The molecule has 1 aromatic rings. The number of aryl methyl sites for hydroxylation is 1. The molecule has 0 atom stereocenters. The predicted octanol–water partition coefficient (Wildman–Crippen LogP) is 3.40. The lowest BCUT2D eigenvalue weighted by atomic mass is 9.86. The molecule has 0 amide bonds. The molecule has 1 aromatic heterocycles. The number of hydrogen-bond donors (Lipinski definition) is 0. The Morgan fingerprint density at radius 1 is 1.37 bits per heavy atom. The van der Waals surface area contributed by atoms with E-state index < -0.39 is 0 Å². The zero-order valence-electron chi connectivity index (χ0n) is 11.8. The van der Waals surface area contributed by atoms with Gasteiger partial charge in [0.2, 0.25) is 0 Å². The van der Waals surface area contributed by atoms with Gasteiger partial charge in [-0.25, -0.2) is 0 Å². The summed E-state index contributed by atoms with van der Waals surface area (Å²) in [4.78, 5) is 11.7. The molecule has 0 spiro atoms. The Balaban J connectivity index is 2.00. The normalized spacial score (nSPS) is 23.4. The zero-order valence-corrected chi connectivity index (χ0v) is 13.9. The van der Waals surface area contributed by atoms with Crippen LogP contribution in [0.4, 0.5) is 0 Å². The molecule has 1 aliphatic rings. The quantitative estimate of drug-likeness (QED) is 0.600. The Hall–Kier alpha value is -0.590. The summed E-state index contributed by atoms with van der Waals surface area (Å²) in [5, 5.41) is 4.63. The fraction of sp³-hybridized carbons (Fsp3) is 0.714. The van der Waals surface area contributed by atoms with E-state index >= 15 is 0 Å². The second-order valence-corrected chi connectivity index (χ2v) is 6.27. The summed E-state index contributed by atoms with van der Waals surface area (Å²) in [6, 6.07) is 0.438. The van der Waals surface area contributed by atoms with Crippen LogP contribution in [0, 0.1) is 23.3 Å². The molecule has 1 aliphatic carbocycles. The number of aromatic nitrogens is 2. The molecule has 106 valence electrons. The van der Waals surface area contributed by atoms with Gasteiger partial charge in [0.05, 0.1) is 27.8 Å². The average Bonchev–Trinajstić information content (AvgIpc) is 2.67. The van der Waals surface area contributed by atoms with E-state index in [0.29, 0.717) is 12.6 Å². The third-order valence-corrected chi connectivity index (χ3v) is 5.46. The number of esters is 1. The van der Waals surface area contributed by atoms with E-state index in [2.05, 4.69) is 46.2 Å². The number of rotatable bonds is 3. The largest absolute Gasteiger partial charge is 0.466 e. The minimum atomic E-state index is -0.0242. The van der Waals surface area contributed by atoms with Crippen LogP contribution in [0.3, 0.4) is 0 Å². The van der Waals surface area contributed by atoms with Gasteiger partial charge in [0.1, 0.15) is 0 Å². The standard InChI is InChI=1S/C14H21IN2O2/c1-4-19-14(18)11-5-7-12(8-6-11)17-10(3)13(15)9(2)16-17/h11-12H,4-8H2,1-3H3/t11-,12-. The lowest BCUT2D eigenvalue weighted by molar-refractivity contribution is -0.149. The van der Waals surface area contributed by atoms with Crippen molar-refractivity contribution in [3.05, 3.63) is 15.0 Å². The third-order valence-electron chi connectivity index (χ3n) is 3.90. The van der Waals surface area contributed by atoms with Crippen molar-refractivity contribution in [1.29, 1.82) is 0 Å². The molecule has 0 unspecified atom stereocenters. The van der Waals surface area contributed by atoms with E-state index in [4.69, 9.17) is 4.74 Å². The van der Waals surface area contributed by atoms with Crippen LogP contribution >= 0.6 is 22.6 Å². The monoisotopic (exact) mass is 376 g/mol. The van der Waals surface area contributed by atoms with Crippen molar-refractivity contribution in [2.24, 2.45) is 5.92 Å². The molecule has 1 heterocycles. The van der Waals surface area contributed by atoms with Gasteiger partial charge in [-0.1, -0.05) is 0 Å². The molecular formula is C14H21IN2O2. The summed E-state index contributed by atoms with van der Waals surface area (Å²) >= 11 is 2.35. The van der Waals surface area contributed by atoms with Gasteiger partial charge >= 0.3 is 5.97 Å². The first-order valence-electron chi connectivity index (χ1n) is 6.92. The lowest BCUT2D eigenvalue weighted by Gasteiger charge is -2.28. The molecule has 0 N–H and O–H groups in total. The van der Waals surface area contributed by atoms with Gasteiger partial charge in [0, 0.05) is 5.69 Å². The first-order valence-corrected chi connectivity index (χ1v) is 8.00. The Kier molecular flexibility index (Phi) is 4.86. The van der Waals surface area contributed by atoms with Crippen molar-refractivity contribution < 1.29 is 9.53 Å². The number of ether oxygens (including phenoxy) is 1. The Morgan fingerprint density at radius 3 is 2.47 bits per heavy atom. The highest BCUT2D eigenvalue weighted by Gasteiger charge is 2.29. The number of hydrogen-bond acceptors (Lipinski definition) is 3. The van der Waals surface area contributed by atoms with E-state index in [1.165, 1.54) is 9.26 Å². The maximum Gasteiger partial charge on any atom is 0.308 e. The second kappa shape index (κ2) is 6.24. The maximum atomic E-state index is 11.7.